The van der Waals surface area contributed by atoms with Crippen LogP contribution >= 0.6 is 11.6 Å². The van der Waals surface area contributed by atoms with E-state index in [9.17, 15) is 0 Å². The Bertz CT molecular complexity index is 482. The lowest BCUT2D eigenvalue weighted by molar-refractivity contribution is -0.142. The number of nitrogens with one attached hydrogen (secondary N) is 1. The highest BCUT2D eigenvalue weighted by Crippen LogP contribution is 2.44. The second-order valence-corrected chi connectivity index (χ2v) is 6.72. The minimum atomic E-state index is 0.240. The van der Waals surface area contributed by atoms with E-state index >= 15 is 0 Å². The molecule has 1 aliphatic carbocycles. The molecule has 1 aromatic heterocycles. The second kappa shape index (κ2) is 5.66. The summed E-state index contributed by atoms with van der Waals surface area (Å²) in [6, 6.07) is 0. The van der Waals surface area contributed by atoms with Gasteiger partial charge in [0.15, 0.2) is 0 Å². The van der Waals surface area contributed by atoms with Crippen molar-refractivity contribution in [2.24, 2.45) is 13.0 Å². The van der Waals surface area contributed by atoms with Gasteiger partial charge in [0.25, 0.3) is 0 Å². The second-order valence-electron chi connectivity index (χ2n) is 6.34. The minimum absolute atomic E-state index is 0.240. The van der Waals surface area contributed by atoms with Gasteiger partial charge in [-0.15, -0.1) is 0 Å². The largest absolute Gasteiger partial charge is 0.375 e. The first-order valence-electron chi connectivity index (χ1n) is 7.62. The van der Waals surface area contributed by atoms with Gasteiger partial charge >= 0.3 is 0 Å². The number of hydrogen-bond acceptors (Lipinski definition) is 3. The number of nitrogens with zero attached hydrogens (tertiary/aromatic N) is 2. The predicted molar refractivity (Wildman–Crippen MR) is 79.9 cm³/mol. The maximum atomic E-state index is 6.27. The Morgan fingerprint density at radius 3 is 2.90 bits per heavy atom. The van der Waals surface area contributed by atoms with Gasteiger partial charge in [0.05, 0.1) is 22.0 Å². The summed E-state index contributed by atoms with van der Waals surface area (Å²) in [7, 11) is 1.93. The van der Waals surface area contributed by atoms with Gasteiger partial charge in [0, 0.05) is 20.2 Å². The molecule has 0 amide bonds. The van der Waals surface area contributed by atoms with Crippen LogP contribution in [0.5, 0.6) is 0 Å². The number of aromatic nitrogens is 2. The topological polar surface area (TPSA) is 39.1 Å². The summed E-state index contributed by atoms with van der Waals surface area (Å²) in [5.74, 6) is 0.729. The van der Waals surface area contributed by atoms with Crippen LogP contribution in [0.4, 0.5) is 0 Å². The zero-order valence-corrected chi connectivity index (χ0v) is 13.2. The number of aryl methyl sites for hydroxylation is 1. The third-order valence-corrected chi connectivity index (χ3v) is 5.40. The van der Waals surface area contributed by atoms with E-state index in [2.05, 4.69) is 10.4 Å². The molecule has 5 heteroatoms. The summed E-state index contributed by atoms with van der Waals surface area (Å²) in [4.78, 5) is 0. The lowest BCUT2D eigenvalue weighted by Crippen LogP contribution is -2.47. The summed E-state index contributed by atoms with van der Waals surface area (Å²) >= 11 is 6.27. The number of halogens is 1. The van der Waals surface area contributed by atoms with Crippen LogP contribution < -0.4 is 5.32 Å². The molecule has 1 saturated heterocycles. The zero-order chi connectivity index (χ0) is 14.2. The molecule has 1 aromatic rings. The highest BCUT2D eigenvalue weighted by Gasteiger charge is 2.42. The van der Waals surface area contributed by atoms with Gasteiger partial charge in [0.1, 0.15) is 0 Å². The smallest absolute Gasteiger partial charge is 0.0951 e. The Morgan fingerprint density at radius 2 is 2.30 bits per heavy atom. The monoisotopic (exact) mass is 297 g/mol. The van der Waals surface area contributed by atoms with Crippen LogP contribution in [0.3, 0.4) is 0 Å². The first-order chi connectivity index (χ1) is 9.60. The van der Waals surface area contributed by atoms with Crippen molar-refractivity contribution in [2.75, 3.05) is 13.2 Å². The third kappa shape index (κ3) is 2.74. The molecule has 3 rings (SSSR count). The van der Waals surface area contributed by atoms with Gasteiger partial charge in [0.2, 0.25) is 0 Å². The van der Waals surface area contributed by atoms with Gasteiger partial charge in [-0.2, -0.15) is 5.10 Å². The van der Waals surface area contributed by atoms with E-state index < -0.39 is 0 Å². The molecule has 1 spiro atoms. The van der Waals surface area contributed by atoms with E-state index in [0.717, 1.165) is 42.0 Å². The first kappa shape index (κ1) is 14.4. The summed E-state index contributed by atoms with van der Waals surface area (Å²) in [5, 5.41) is 8.76. The fraction of sp³-hybridized carbons (Fsp3) is 0.800. The van der Waals surface area contributed by atoms with Crippen molar-refractivity contribution in [1.29, 1.82) is 0 Å². The lowest BCUT2D eigenvalue weighted by Gasteiger charge is -2.47. The van der Waals surface area contributed by atoms with Crippen molar-refractivity contribution in [3.63, 3.8) is 0 Å². The molecule has 1 saturated carbocycles. The van der Waals surface area contributed by atoms with Crippen LogP contribution in [0.25, 0.3) is 0 Å². The molecule has 1 N–H and O–H groups in total. The van der Waals surface area contributed by atoms with Gasteiger partial charge < -0.3 is 10.1 Å². The van der Waals surface area contributed by atoms with Crippen LogP contribution in [0, 0.1) is 12.8 Å². The molecule has 1 atom stereocenters. The van der Waals surface area contributed by atoms with Crippen molar-refractivity contribution in [3.05, 3.63) is 16.4 Å². The van der Waals surface area contributed by atoms with Gasteiger partial charge in [-0.3, -0.25) is 4.68 Å². The van der Waals surface area contributed by atoms with Crippen molar-refractivity contribution < 1.29 is 4.74 Å². The fourth-order valence-corrected chi connectivity index (χ4v) is 3.61. The Morgan fingerprint density at radius 1 is 1.50 bits per heavy atom. The Kier molecular flexibility index (Phi) is 4.07. The quantitative estimate of drug-likeness (QED) is 0.929. The van der Waals surface area contributed by atoms with Crippen LogP contribution in [-0.2, 0) is 18.3 Å². The maximum absolute atomic E-state index is 6.27. The van der Waals surface area contributed by atoms with Gasteiger partial charge in [-0.25, -0.2) is 0 Å². The highest BCUT2D eigenvalue weighted by molar-refractivity contribution is 6.31. The SMILES string of the molecule is Cc1c(Cl)c(CNCC2CCOC3(CCC3)C2)nn1C. The third-order valence-electron chi connectivity index (χ3n) is 4.91. The molecule has 4 nitrogen and oxygen atoms in total. The molecule has 20 heavy (non-hydrogen) atoms. The van der Waals surface area contributed by atoms with E-state index in [1.807, 2.05) is 18.7 Å². The van der Waals surface area contributed by atoms with Crippen molar-refractivity contribution in [1.82, 2.24) is 15.1 Å². The van der Waals surface area contributed by atoms with Crippen LogP contribution in [0.2, 0.25) is 5.02 Å². The zero-order valence-electron chi connectivity index (χ0n) is 12.4. The van der Waals surface area contributed by atoms with E-state index in [1.54, 1.807) is 0 Å². The normalized spacial score (nSPS) is 24.9. The molecule has 2 fully saturated rings. The van der Waals surface area contributed by atoms with E-state index in [4.69, 9.17) is 16.3 Å². The average molecular weight is 298 g/mol. The Hall–Kier alpha value is -0.580. The molecule has 0 bridgehead atoms. The summed E-state index contributed by atoms with van der Waals surface area (Å²) in [5.41, 5.74) is 2.23. The first-order valence-corrected chi connectivity index (χ1v) is 8.00. The Balaban J connectivity index is 1.48. The molecule has 1 aliphatic heterocycles. The molecule has 0 aromatic carbocycles. The number of rotatable bonds is 4. The molecule has 1 unspecified atom stereocenters. The molecule has 112 valence electrons. The standard InChI is InChI=1S/C15H24ClN3O/c1-11-14(16)13(18-19(11)2)10-17-9-12-4-7-20-15(8-12)5-3-6-15/h12,17H,3-10H2,1-2H3. The predicted octanol–water partition coefficient (Wildman–Crippen LogP) is 2.82. The Labute approximate surface area is 125 Å². The average Bonchev–Trinajstić information content (AvgIpc) is 2.65. The summed E-state index contributed by atoms with van der Waals surface area (Å²) < 4.78 is 7.81. The molecule has 2 aliphatic rings. The summed E-state index contributed by atoms with van der Waals surface area (Å²) in [6.45, 7) is 4.72. The van der Waals surface area contributed by atoms with Crippen LogP contribution in [0.15, 0.2) is 0 Å². The van der Waals surface area contributed by atoms with Gasteiger partial charge in [-0.1, -0.05) is 11.6 Å². The number of hydrogen-bond donors (Lipinski definition) is 1. The van der Waals surface area contributed by atoms with E-state index in [-0.39, 0.29) is 5.60 Å². The fourth-order valence-electron chi connectivity index (χ4n) is 3.38. The molecular weight excluding hydrogens is 274 g/mol. The van der Waals surface area contributed by atoms with Crippen LogP contribution in [-0.4, -0.2) is 28.5 Å². The lowest BCUT2D eigenvalue weighted by atomic mass is 9.72. The van der Waals surface area contributed by atoms with Crippen molar-refractivity contribution in [3.8, 4) is 0 Å². The molecule has 2 heterocycles. The number of ether oxygens (including phenoxy) is 1. The minimum Gasteiger partial charge on any atom is -0.375 e. The van der Waals surface area contributed by atoms with Crippen molar-refractivity contribution >= 4 is 11.6 Å². The van der Waals surface area contributed by atoms with Crippen LogP contribution in [0.1, 0.15) is 43.5 Å². The van der Waals surface area contributed by atoms with E-state index in [1.165, 1.54) is 32.1 Å². The molecule has 0 radical (unpaired) electrons. The maximum Gasteiger partial charge on any atom is 0.0951 e. The summed E-state index contributed by atoms with van der Waals surface area (Å²) in [6.07, 6.45) is 6.24. The van der Waals surface area contributed by atoms with E-state index in [0.29, 0.717) is 0 Å². The van der Waals surface area contributed by atoms with Crippen molar-refractivity contribution in [2.45, 2.75) is 51.2 Å². The highest BCUT2D eigenvalue weighted by atomic mass is 35.5. The van der Waals surface area contributed by atoms with Gasteiger partial charge in [-0.05, 0) is 51.5 Å². The molecular formula is C15H24ClN3O.